The lowest BCUT2D eigenvalue weighted by atomic mass is 9.23. The summed E-state index contributed by atoms with van der Waals surface area (Å²) in [6, 6.07) is 0. The van der Waals surface area contributed by atoms with Crippen molar-refractivity contribution in [3.8, 4) is 0 Å². The average molecular weight is 641 g/mol. The molecule has 7 rings (SSSR count). The van der Waals surface area contributed by atoms with Crippen molar-refractivity contribution >= 4 is 5.97 Å². The van der Waals surface area contributed by atoms with Gasteiger partial charge >= 0.3 is 5.97 Å². The molecule has 1 saturated heterocycles. The summed E-state index contributed by atoms with van der Waals surface area (Å²) in [6.45, 7) is 11.9. The Kier molecular flexibility index (Phi) is 7.68. The van der Waals surface area contributed by atoms with Crippen LogP contribution in [0.5, 0.6) is 0 Å². The smallest absolute Gasteiger partial charge is 0.309 e. The highest BCUT2D eigenvalue weighted by Gasteiger charge is 2.86. The molecule has 0 aromatic heterocycles. The summed E-state index contributed by atoms with van der Waals surface area (Å²) >= 11 is 0. The molecule has 7 aliphatic rings. The molecule has 5 saturated carbocycles. The van der Waals surface area contributed by atoms with Crippen molar-refractivity contribution in [2.75, 3.05) is 13.2 Å². The van der Waals surface area contributed by atoms with Gasteiger partial charge in [0.1, 0.15) is 0 Å². The van der Waals surface area contributed by atoms with Crippen LogP contribution >= 0.6 is 0 Å². The minimum absolute atomic E-state index is 0.0261. The monoisotopic (exact) mass is 640 g/mol. The quantitative estimate of drug-likeness (QED) is 0.150. The lowest BCUT2D eigenvalue weighted by Gasteiger charge is -2.81. The first-order valence-electron chi connectivity index (χ1n) is 19.3. The number of carboxylic acids is 1. The zero-order valence-electron chi connectivity index (χ0n) is 29.6. The van der Waals surface area contributed by atoms with Crippen molar-refractivity contribution in [1.82, 2.24) is 0 Å². The molecular formula is C40H64O6. The van der Waals surface area contributed by atoms with Crippen molar-refractivity contribution in [1.29, 1.82) is 0 Å². The predicted octanol–water partition coefficient (Wildman–Crippen LogP) is 8.03. The summed E-state index contributed by atoms with van der Waals surface area (Å²) in [6.07, 6.45) is 21.6. The maximum atomic E-state index is 13.0. The van der Waals surface area contributed by atoms with Gasteiger partial charge in [0.25, 0.3) is 0 Å². The van der Waals surface area contributed by atoms with Gasteiger partial charge in [-0.15, -0.1) is 0 Å². The number of fused-ring (bicyclic) bond motifs is 5. The summed E-state index contributed by atoms with van der Waals surface area (Å²) in [7, 11) is 0. The normalized spacial score (nSPS) is 55.2. The lowest BCUT2D eigenvalue weighted by Crippen LogP contribution is -2.81. The van der Waals surface area contributed by atoms with Gasteiger partial charge in [0, 0.05) is 23.2 Å². The maximum absolute atomic E-state index is 13.0. The van der Waals surface area contributed by atoms with Crippen LogP contribution < -0.4 is 0 Å². The van der Waals surface area contributed by atoms with Gasteiger partial charge in [-0.1, -0.05) is 72.0 Å². The van der Waals surface area contributed by atoms with Crippen molar-refractivity contribution in [2.45, 2.75) is 162 Å². The van der Waals surface area contributed by atoms with Crippen molar-refractivity contribution in [2.24, 2.45) is 55.7 Å². The van der Waals surface area contributed by atoms with E-state index in [1.54, 1.807) is 0 Å². The van der Waals surface area contributed by atoms with Gasteiger partial charge in [-0.05, 0) is 117 Å². The molecule has 0 aromatic rings. The molecule has 6 aliphatic carbocycles. The van der Waals surface area contributed by atoms with E-state index in [0.29, 0.717) is 18.4 Å². The SMILES string of the molecule is CCCCCC[C@@]12CC[C@]34CC=C[C@@]5(O)C[C@]6(O)OC[C@@](CC[C@@H]3[C@@]1(C)CC[C@@]1(C)CC[C@@](C)(C(=O)O)C[C@H]12)([C@H]6CCC)[C@]45CO. The Labute approximate surface area is 278 Å². The second kappa shape index (κ2) is 10.5. The van der Waals surface area contributed by atoms with E-state index in [0.717, 1.165) is 83.5 Å². The Bertz CT molecular complexity index is 1270. The third-order valence-electron chi connectivity index (χ3n) is 17.5. The van der Waals surface area contributed by atoms with Crippen LogP contribution in [0.4, 0.5) is 0 Å². The number of hydrogen-bond donors (Lipinski definition) is 4. The fourth-order valence-electron chi connectivity index (χ4n) is 15.4. The first kappa shape index (κ1) is 33.5. The second-order valence-corrected chi connectivity index (χ2v) is 18.8. The highest BCUT2D eigenvalue weighted by atomic mass is 16.6. The van der Waals surface area contributed by atoms with Crippen LogP contribution in [0, 0.1) is 55.7 Å². The highest BCUT2D eigenvalue weighted by molar-refractivity contribution is 5.74. The number of aliphatic carboxylic acids is 1. The Morgan fingerprint density at radius 2 is 1.65 bits per heavy atom. The standard InChI is InChI=1S/C40H64O6/c1-6-8-9-10-14-35-22-23-36-15-11-16-38(44)25-39(45)29(12-7-2)37(27-46-39,40(36,38)26-41)17-13-28(36)34(35,5)21-20-32(3)18-19-33(4,31(42)43)24-30(32)35/h11,16,28-30,41,44-45H,6-10,12-15,17-27H2,1-5H3,(H,42,43)/t28-,29-,30-,32-,33-,34-,35+,36-,37+,38-,39+,40+/m1/s1. The van der Waals surface area contributed by atoms with Crippen molar-refractivity contribution < 1.29 is 30.0 Å². The molecule has 0 radical (unpaired) electrons. The van der Waals surface area contributed by atoms with Gasteiger partial charge in [-0.2, -0.15) is 0 Å². The largest absolute Gasteiger partial charge is 0.481 e. The van der Waals surface area contributed by atoms with E-state index in [9.17, 15) is 25.2 Å². The molecule has 6 nitrogen and oxygen atoms in total. The zero-order valence-corrected chi connectivity index (χ0v) is 29.6. The Balaban J connectivity index is 1.40. The number of rotatable bonds is 9. The molecule has 2 bridgehead atoms. The molecule has 1 aliphatic heterocycles. The number of allylic oxidation sites excluding steroid dienone is 1. The van der Waals surface area contributed by atoms with E-state index in [1.807, 2.05) is 13.0 Å². The van der Waals surface area contributed by atoms with Gasteiger partial charge in [0.2, 0.25) is 0 Å². The van der Waals surface area contributed by atoms with Crippen LogP contribution in [-0.2, 0) is 9.53 Å². The van der Waals surface area contributed by atoms with Gasteiger partial charge in [-0.3, -0.25) is 4.79 Å². The Hall–Kier alpha value is -0.950. The van der Waals surface area contributed by atoms with Gasteiger partial charge in [-0.25, -0.2) is 0 Å². The van der Waals surface area contributed by atoms with Crippen LogP contribution in [0.1, 0.15) is 150 Å². The van der Waals surface area contributed by atoms with Crippen LogP contribution in [0.3, 0.4) is 0 Å². The molecule has 46 heavy (non-hydrogen) atoms. The number of aliphatic hydroxyl groups excluding tert-OH is 1. The third kappa shape index (κ3) is 3.72. The number of hydrogen-bond acceptors (Lipinski definition) is 5. The number of carboxylic acid groups (broad SMARTS) is 1. The molecular weight excluding hydrogens is 576 g/mol. The summed E-state index contributed by atoms with van der Waals surface area (Å²) in [5.74, 6) is -1.43. The van der Waals surface area contributed by atoms with E-state index in [2.05, 4.69) is 33.8 Å². The number of ether oxygens (including phenoxy) is 1. The Morgan fingerprint density at radius 1 is 0.891 bits per heavy atom. The maximum Gasteiger partial charge on any atom is 0.309 e. The molecule has 0 aromatic carbocycles. The molecule has 0 amide bonds. The minimum atomic E-state index is -1.36. The van der Waals surface area contributed by atoms with Crippen LogP contribution in [-0.4, -0.2) is 51.0 Å². The van der Waals surface area contributed by atoms with E-state index >= 15 is 0 Å². The molecule has 6 heteroatoms. The minimum Gasteiger partial charge on any atom is -0.481 e. The fraction of sp³-hybridized carbons (Fsp3) is 0.925. The van der Waals surface area contributed by atoms with Gasteiger partial charge < -0.3 is 25.2 Å². The number of unbranched alkanes of at least 4 members (excludes halogenated alkanes) is 3. The van der Waals surface area contributed by atoms with Crippen LogP contribution in [0.25, 0.3) is 0 Å². The number of aliphatic hydroxyl groups is 3. The van der Waals surface area contributed by atoms with Gasteiger partial charge in [0.15, 0.2) is 5.79 Å². The molecule has 2 spiro atoms. The van der Waals surface area contributed by atoms with E-state index < -0.39 is 33.6 Å². The van der Waals surface area contributed by atoms with Crippen LogP contribution in [0.2, 0.25) is 0 Å². The highest BCUT2D eigenvalue weighted by Crippen LogP contribution is 2.86. The van der Waals surface area contributed by atoms with E-state index in [4.69, 9.17) is 4.74 Å². The lowest BCUT2D eigenvalue weighted by molar-refractivity contribution is -0.362. The third-order valence-corrected chi connectivity index (χ3v) is 17.5. The number of carbonyl (C=O) groups is 1. The van der Waals surface area contributed by atoms with Crippen molar-refractivity contribution in [3.63, 3.8) is 0 Å². The van der Waals surface area contributed by atoms with Crippen LogP contribution in [0.15, 0.2) is 12.2 Å². The van der Waals surface area contributed by atoms with Crippen molar-refractivity contribution in [3.05, 3.63) is 12.2 Å². The first-order chi connectivity index (χ1) is 21.7. The first-order valence-corrected chi connectivity index (χ1v) is 19.3. The van der Waals surface area contributed by atoms with E-state index in [1.165, 1.54) is 25.7 Å². The summed E-state index contributed by atoms with van der Waals surface area (Å²) < 4.78 is 6.42. The summed E-state index contributed by atoms with van der Waals surface area (Å²) in [4.78, 5) is 12.8. The summed E-state index contributed by atoms with van der Waals surface area (Å²) in [5.41, 5.74) is -3.43. The molecule has 260 valence electrons. The molecule has 12 atom stereocenters. The molecule has 4 N–H and O–H groups in total. The fourth-order valence-corrected chi connectivity index (χ4v) is 15.4. The molecule has 0 unspecified atom stereocenters. The Morgan fingerprint density at radius 3 is 2.35 bits per heavy atom. The van der Waals surface area contributed by atoms with Gasteiger partial charge in [0.05, 0.1) is 24.2 Å². The second-order valence-electron chi connectivity index (χ2n) is 18.8. The molecule has 6 fully saturated rings. The topological polar surface area (TPSA) is 107 Å². The molecule has 1 heterocycles. The summed E-state index contributed by atoms with van der Waals surface area (Å²) in [5, 5.41) is 47.5. The zero-order chi connectivity index (χ0) is 33.1. The predicted molar refractivity (Wildman–Crippen MR) is 179 cm³/mol. The van der Waals surface area contributed by atoms with E-state index in [-0.39, 0.29) is 40.6 Å². The average Bonchev–Trinajstić information content (AvgIpc) is 3.22.